The van der Waals surface area contributed by atoms with Gasteiger partial charge in [-0.25, -0.2) is 0 Å². The standard InChI is InChI=1S/C21H27N3O/c1-16-6-8-19(9-7-16)23-21(25)17(2)22-18-10-12-20(13-11-18)24-14-4-3-5-15-24/h6-13,17,22H,3-5,14-15H2,1-2H3,(H,23,25)/t17-/m1/s1. The van der Waals surface area contributed by atoms with E-state index in [9.17, 15) is 4.79 Å². The lowest BCUT2D eigenvalue weighted by atomic mass is 10.1. The summed E-state index contributed by atoms with van der Waals surface area (Å²) in [6.45, 7) is 6.19. The van der Waals surface area contributed by atoms with Crippen LogP contribution in [-0.4, -0.2) is 25.0 Å². The molecule has 2 aromatic carbocycles. The molecule has 1 saturated heterocycles. The van der Waals surface area contributed by atoms with Gasteiger partial charge in [-0.05, 0) is 69.5 Å². The van der Waals surface area contributed by atoms with Gasteiger partial charge in [0.25, 0.3) is 0 Å². The molecular weight excluding hydrogens is 310 g/mol. The summed E-state index contributed by atoms with van der Waals surface area (Å²) in [6.07, 6.45) is 3.89. The molecule has 4 heteroatoms. The first-order valence-corrected chi connectivity index (χ1v) is 9.11. The van der Waals surface area contributed by atoms with Crippen LogP contribution in [0.4, 0.5) is 17.1 Å². The lowest BCUT2D eigenvalue weighted by Crippen LogP contribution is -2.32. The van der Waals surface area contributed by atoms with Crippen molar-refractivity contribution in [2.24, 2.45) is 0 Å². The molecule has 0 spiro atoms. The van der Waals surface area contributed by atoms with Crippen molar-refractivity contribution in [1.29, 1.82) is 0 Å². The average Bonchev–Trinajstić information content (AvgIpc) is 2.65. The molecule has 0 bridgehead atoms. The van der Waals surface area contributed by atoms with Gasteiger partial charge in [0.2, 0.25) is 5.91 Å². The average molecular weight is 337 g/mol. The Hall–Kier alpha value is -2.49. The first kappa shape index (κ1) is 17.3. The molecule has 0 radical (unpaired) electrons. The lowest BCUT2D eigenvalue weighted by molar-refractivity contribution is -0.116. The zero-order chi connectivity index (χ0) is 17.6. The molecule has 2 N–H and O–H groups in total. The Morgan fingerprint density at radius 1 is 0.920 bits per heavy atom. The Labute approximate surface area is 150 Å². The van der Waals surface area contributed by atoms with Gasteiger partial charge in [-0.3, -0.25) is 4.79 Å². The van der Waals surface area contributed by atoms with E-state index in [1.165, 1.54) is 30.5 Å². The predicted octanol–water partition coefficient (Wildman–Crippen LogP) is 4.42. The van der Waals surface area contributed by atoms with E-state index in [2.05, 4.69) is 39.8 Å². The van der Waals surface area contributed by atoms with Gasteiger partial charge in [0.05, 0.1) is 0 Å². The Morgan fingerprint density at radius 3 is 2.16 bits per heavy atom. The summed E-state index contributed by atoms with van der Waals surface area (Å²) in [4.78, 5) is 14.8. The largest absolute Gasteiger partial charge is 0.374 e. The fraction of sp³-hybridized carbons (Fsp3) is 0.381. The molecule has 0 saturated carbocycles. The summed E-state index contributed by atoms with van der Waals surface area (Å²) in [5, 5.41) is 6.22. The molecule has 4 nitrogen and oxygen atoms in total. The van der Waals surface area contributed by atoms with Crippen molar-refractivity contribution in [2.75, 3.05) is 28.6 Å². The van der Waals surface area contributed by atoms with Gasteiger partial charge in [-0.2, -0.15) is 0 Å². The lowest BCUT2D eigenvalue weighted by Gasteiger charge is -2.29. The van der Waals surface area contributed by atoms with Crippen molar-refractivity contribution in [3.63, 3.8) is 0 Å². The maximum atomic E-state index is 12.3. The van der Waals surface area contributed by atoms with Crippen LogP contribution in [0.15, 0.2) is 48.5 Å². The molecule has 1 aliphatic rings. The van der Waals surface area contributed by atoms with Crippen LogP contribution in [0.1, 0.15) is 31.7 Å². The van der Waals surface area contributed by atoms with Gasteiger partial charge in [-0.15, -0.1) is 0 Å². The fourth-order valence-corrected chi connectivity index (χ4v) is 3.12. The molecule has 1 aliphatic heterocycles. The molecule has 1 heterocycles. The van der Waals surface area contributed by atoms with Crippen LogP contribution >= 0.6 is 0 Å². The number of anilines is 3. The van der Waals surface area contributed by atoms with Gasteiger partial charge in [-0.1, -0.05) is 17.7 Å². The highest BCUT2D eigenvalue weighted by molar-refractivity contribution is 5.96. The van der Waals surface area contributed by atoms with Crippen LogP contribution in [-0.2, 0) is 4.79 Å². The van der Waals surface area contributed by atoms with Crippen LogP contribution in [0.3, 0.4) is 0 Å². The molecule has 2 aromatic rings. The van der Waals surface area contributed by atoms with Crippen molar-refractivity contribution in [3.8, 4) is 0 Å². The van der Waals surface area contributed by atoms with E-state index in [1.54, 1.807) is 0 Å². The highest BCUT2D eigenvalue weighted by atomic mass is 16.2. The number of nitrogens with zero attached hydrogens (tertiary/aromatic N) is 1. The van der Waals surface area contributed by atoms with Gasteiger partial charge in [0.1, 0.15) is 6.04 Å². The van der Waals surface area contributed by atoms with Crippen molar-refractivity contribution >= 4 is 23.0 Å². The van der Waals surface area contributed by atoms with Crippen molar-refractivity contribution in [1.82, 2.24) is 0 Å². The van der Waals surface area contributed by atoms with Crippen molar-refractivity contribution < 1.29 is 4.79 Å². The van der Waals surface area contributed by atoms with E-state index >= 15 is 0 Å². The summed E-state index contributed by atoms with van der Waals surface area (Å²) >= 11 is 0. The number of hydrogen-bond acceptors (Lipinski definition) is 3. The molecule has 0 aromatic heterocycles. The number of benzene rings is 2. The number of hydrogen-bond donors (Lipinski definition) is 2. The second-order valence-electron chi connectivity index (χ2n) is 6.82. The van der Waals surface area contributed by atoms with Crippen LogP contribution < -0.4 is 15.5 Å². The first-order chi connectivity index (χ1) is 12.1. The van der Waals surface area contributed by atoms with Crippen LogP contribution in [0.5, 0.6) is 0 Å². The monoisotopic (exact) mass is 337 g/mol. The third-order valence-electron chi connectivity index (χ3n) is 4.68. The minimum absolute atomic E-state index is 0.0380. The number of piperidine rings is 1. The molecule has 1 amide bonds. The number of amides is 1. The number of rotatable bonds is 5. The highest BCUT2D eigenvalue weighted by Crippen LogP contribution is 2.22. The third-order valence-corrected chi connectivity index (χ3v) is 4.68. The third kappa shape index (κ3) is 4.75. The molecular formula is C21H27N3O. The summed E-state index contributed by atoms with van der Waals surface area (Å²) in [5.74, 6) is -0.0380. The molecule has 0 unspecified atom stereocenters. The van der Waals surface area contributed by atoms with Gasteiger partial charge >= 0.3 is 0 Å². The van der Waals surface area contributed by atoms with Crippen LogP contribution in [0.2, 0.25) is 0 Å². The smallest absolute Gasteiger partial charge is 0.246 e. The van der Waals surface area contributed by atoms with E-state index in [1.807, 2.05) is 38.1 Å². The molecule has 0 aliphatic carbocycles. The van der Waals surface area contributed by atoms with Gasteiger partial charge in [0.15, 0.2) is 0 Å². The Kier molecular flexibility index (Phi) is 5.59. The maximum absolute atomic E-state index is 12.3. The number of carbonyl (C=O) groups is 1. The Bertz CT molecular complexity index is 688. The van der Waals surface area contributed by atoms with Crippen LogP contribution in [0.25, 0.3) is 0 Å². The van der Waals surface area contributed by atoms with E-state index in [4.69, 9.17) is 0 Å². The second-order valence-corrected chi connectivity index (χ2v) is 6.82. The molecule has 3 rings (SSSR count). The zero-order valence-corrected chi connectivity index (χ0v) is 15.1. The highest BCUT2D eigenvalue weighted by Gasteiger charge is 2.14. The van der Waals surface area contributed by atoms with Gasteiger partial charge in [0, 0.05) is 30.2 Å². The van der Waals surface area contributed by atoms with Crippen molar-refractivity contribution in [3.05, 3.63) is 54.1 Å². The number of carbonyl (C=O) groups excluding carboxylic acids is 1. The minimum atomic E-state index is -0.304. The molecule has 25 heavy (non-hydrogen) atoms. The van der Waals surface area contributed by atoms with E-state index in [0.717, 1.165) is 24.5 Å². The topological polar surface area (TPSA) is 44.4 Å². The number of nitrogens with one attached hydrogen (secondary N) is 2. The molecule has 1 atom stereocenters. The molecule has 132 valence electrons. The second kappa shape index (κ2) is 8.06. The first-order valence-electron chi connectivity index (χ1n) is 9.11. The van der Waals surface area contributed by atoms with E-state index in [0.29, 0.717) is 0 Å². The normalized spacial score (nSPS) is 15.5. The molecule has 1 fully saturated rings. The van der Waals surface area contributed by atoms with Gasteiger partial charge < -0.3 is 15.5 Å². The summed E-state index contributed by atoms with van der Waals surface area (Å²) in [6, 6.07) is 15.9. The SMILES string of the molecule is Cc1ccc(NC(=O)[C@@H](C)Nc2ccc(N3CCCCC3)cc2)cc1. The fourth-order valence-electron chi connectivity index (χ4n) is 3.12. The van der Waals surface area contributed by atoms with E-state index < -0.39 is 0 Å². The maximum Gasteiger partial charge on any atom is 0.246 e. The Morgan fingerprint density at radius 2 is 1.52 bits per heavy atom. The van der Waals surface area contributed by atoms with E-state index in [-0.39, 0.29) is 11.9 Å². The van der Waals surface area contributed by atoms with Crippen LogP contribution in [0, 0.1) is 6.92 Å². The predicted molar refractivity (Wildman–Crippen MR) is 105 cm³/mol. The Balaban J connectivity index is 1.55. The summed E-state index contributed by atoms with van der Waals surface area (Å²) < 4.78 is 0. The minimum Gasteiger partial charge on any atom is -0.374 e. The summed E-state index contributed by atoms with van der Waals surface area (Å²) in [7, 11) is 0. The number of aryl methyl sites for hydroxylation is 1. The summed E-state index contributed by atoms with van der Waals surface area (Å²) in [5.41, 5.74) is 4.23. The zero-order valence-electron chi connectivity index (χ0n) is 15.1. The van der Waals surface area contributed by atoms with Crippen molar-refractivity contribution in [2.45, 2.75) is 39.2 Å². The quantitative estimate of drug-likeness (QED) is 0.848.